The van der Waals surface area contributed by atoms with Gasteiger partial charge in [-0.3, -0.25) is 14.3 Å². The quantitative estimate of drug-likeness (QED) is 0.449. The Balaban J connectivity index is 1.43. The largest absolute Gasteiger partial charge is 0.481 e. The van der Waals surface area contributed by atoms with Crippen molar-refractivity contribution in [1.29, 1.82) is 0 Å². The second kappa shape index (κ2) is 9.96. The summed E-state index contributed by atoms with van der Waals surface area (Å²) >= 11 is 6.08. The average Bonchev–Trinajstić information content (AvgIpc) is 3.32. The number of halogens is 1. The van der Waals surface area contributed by atoms with E-state index in [4.69, 9.17) is 21.4 Å². The molecular formula is C24H23ClN4O5. The van der Waals surface area contributed by atoms with Crippen LogP contribution in [0.4, 0.5) is 10.5 Å². The summed E-state index contributed by atoms with van der Waals surface area (Å²) in [7, 11) is 1.61. The first-order valence-corrected chi connectivity index (χ1v) is 11.0. The zero-order chi connectivity index (χ0) is 24.2. The molecule has 0 saturated carbocycles. The maximum Gasteiger partial charge on any atom is 0.407 e. The number of fused-ring (bicyclic) bond motifs is 3. The van der Waals surface area contributed by atoms with E-state index in [2.05, 4.69) is 15.7 Å². The van der Waals surface area contributed by atoms with E-state index in [0.29, 0.717) is 0 Å². The molecule has 176 valence electrons. The minimum absolute atomic E-state index is 0.0710. The van der Waals surface area contributed by atoms with Crippen molar-refractivity contribution in [3.8, 4) is 11.1 Å². The summed E-state index contributed by atoms with van der Waals surface area (Å²) in [5.41, 5.74) is 4.56. The number of alkyl carbamates (subject to hydrolysis) is 1. The van der Waals surface area contributed by atoms with Crippen molar-refractivity contribution < 1.29 is 24.2 Å². The van der Waals surface area contributed by atoms with Crippen molar-refractivity contribution in [2.75, 3.05) is 11.9 Å². The van der Waals surface area contributed by atoms with Crippen LogP contribution < -0.4 is 10.6 Å². The molecule has 0 aliphatic heterocycles. The number of aliphatic carboxylic acids is 1. The second-order valence-electron chi connectivity index (χ2n) is 7.92. The first-order chi connectivity index (χ1) is 16.3. The number of amides is 2. The van der Waals surface area contributed by atoms with Crippen LogP contribution in [0.1, 0.15) is 29.9 Å². The number of rotatable bonds is 8. The number of hydrogen-bond acceptors (Lipinski definition) is 5. The Morgan fingerprint density at radius 1 is 1.12 bits per heavy atom. The molecule has 1 aliphatic carbocycles. The van der Waals surface area contributed by atoms with Crippen molar-refractivity contribution in [2.24, 2.45) is 7.05 Å². The summed E-state index contributed by atoms with van der Waals surface area (Å²) in [5, 5.41) is 18.2. The van der Waals surface area contributed by atoms with Gasteiger partial charge in [0.15, 0.2) is 0 Å². The third kappa shape index (κ3) is 4.89. The van der Waals surface area contributed by atoms with Gasteiger partial charge in [-0.1, -0.05) is 60.1 Å². The van der Waals surface area contributed by atoms with Gasteiger partial charge in [0.1, 0.15) is 17.8 Å². The Bertz CT molecular complexity index is 1200. The molecule has 34 heavy (non-hydrogen) atoms. The molecule has 3 aromatic rings. The number of carbonyl (C=O) groups excluding carboxylic acids is 2. The third-order valence-electron chi connectivity index (χ3n) is 5.72. The van der Waals surface area contributed by atoms with Crippen molar-refractivity contribution >= 4 is 35.3 Å². The van der Waals surface area contributed by atoms with Crippen LogP contribution in [0.15, 0.2) is 54.7 Å². The number of carboxylic acid groups (broad SMARTS) is 1. The van der Waals surface area contributed by atoms with Crippen LogP contribution in [0.2, 0.25) is 5.15 Å². The fourth-order valence-electron chi connectivity index (χ4n) is 4.05. The summed E-state index contributed by atoms with van der Waals surface area (Å²) in [6, 6.07) is 14.7. The van der Waals surface area contributed by atoms with Gasteiger partial charge in [-0.05, 0) is 28.7 Å². The second-order valence-corrected chi connectivity index (χ2v) is 8.27. The minimum Gasteiger partial charge on any atom is -0.481 e. The molecule has 1 atom stereocenters. The molecule has 1 heterocycles. The number of carbonyl (C=O) groups is 3. The van der Waals surface area contributed by atoms with E-state index in [1.54, 1.807) is 7.05 Å². The van der Waals surface area contributed by atoms with Gasteiger partial charge in [0.25, 0.3) is 0 Å². The highest BCUT2D eigenvalue weighted by molar-refractivity contribution is 6.32. The molecule has 4 rings (SSSR count). The van der Waals surface area contributed by atoms with E-state index in [1.807, 2.05) is 48.5 Å². The molecule has 1 aliphatic rings. The highest BCUT2D eigenvalue weighted by atomic mass is 35.5. The maximum absolute atomic E-state index is 12.7. The monoisotopic (exact) mass is 482 g/mol. The molecule has 10 heteroatoms. The molecule has 9 nitrogen and oxygen atoms in total. The van der Waals surface area contributed by atoms with Crippen molar-refractivity contribution in [3.63, 3.8) is 0 Å². The molecule has 2 amide bonds. The Kier molecular flexibility index (Phi) is 6.83. The SMILES string of the molecule is Cn1ncc(NC(=O)C(CCC(=O)O)NC(=O)OCC2c3ccccc3-c3ccccc32)c1Cl. The smallest absolute Gasteiger partial charge is 0.407 e. The highest BCUT2D eigenvalue weighted by Crippen LogP contribution is 2.44. The number of hydrogen-bond donors (Lipinski definition) is 3. The Hall–Kier alpha value is -3.85. The summed E-state index contributed by atoms with van der Waals surface area (Å²) in [6.07, 6.45) is 0.109. The van der Waals surface area contributed by atoms with Crippen LogP contribution >= 0.6 is 11.6 Å². The lowest BCUT2D eigenvalue weighted by Crippen LogP contribution is -2.44. The van der Waals surface area contributed by atoms with E-state index in [9.17, 15) is 14.4 Å². The molecule has 3 N–H and O–H groups in total. The van der Waals surface area contributed by atoms with Crippen molar-refractivity contribution in [3.05, 3.63) is 71.0 Å². The molecule has 0 fully saturated rings. The van der Waals surface area contributed by atoms with Crippen LogP contribution in [0.3, 0.4) is 0 Å². The maximum atomic E-state index is 12.7. The van der Waals surface area contributed by atoms with Crippen LogP contribution in [0.5, 0.6) is 0 Å². The predicted molar refractivity (Wildman–Crippen MR) is 126 cm³/mol. The number of benzene rings is 2. The van der Waals surface area contributed by atoms with Gasteiger partial charge < -0.3 is 20.5 Å². The van der Waals surface area contributed by atoms with Crippen LogP contribution in [-0.4, -0.2) is 45.5 Å². The van der Waals surface area contributed by atoms with E-state index in [-0.39, 0.29) is 36.2 Å². The van der Waals surface area contributed by atoms with Gasteiger partial charge in [-0.15, -0.1) is 0 Å². The third-order valence-corrected chi connectivity index (χ3v) is 6.17. The fourth-order valence-corrected chi connectivity index (χ4v) is 4.18. The van der Waals surface area contributed by atoms with Crippen molar-refractivity contribution in [1.82, 2.24) is 15.1 Å². The van der Waals surface area contributed by atoms with Gasteiger partial charge in [-0.2, -0.15) is 5.10 Å². The lowest BCUT2D eigenvalue weighted by molar-refractivity contribution is -0.137. The number of nitrogens with zero attached hydrogens (tertiary/aromatic N) is 2. The summed E-state index contributed by atoms with van der Waals surface area (Å²) in [5.74, 6) is -1.85. The van der Waals surface area contributed by atoms with Crippen molar-refractivity contribution in [2.45, 2.75) is 24.8 Å². The standard InChI is InChI=1S/C24H23ClN4O5/c1-29-22(25)20(12-26-29)27-23(32)19(10-11-21(30)31)28-24(33)34-13-18-16-8-4-2-6-14(16)15-7-3-5-9-17(15)18/h2-9,12,18-19H,10-11,13H2,1H3,(H,27,32)(H,28,33)(H,30,31). The lowest BCUT2D eigenvalue weighted by Gasteiger charge is -2.19. The molecule has 0 saturated heterocycles. The summed E-state index contributed by atoms with van der Waals surface area (Å²) < 4.78 is 6.85. The minimum atomic E-state index is -1.14. The summed E-state index contributed by atoms with van der Waals surface area (Å²) in [4.78, 5) is 36.4. The van der Waals surface area contributed by atoms with Crippen LogP contribution in [0.25, 0.3) is 11.1 Å². The number of nitrogens with one attached hydrogen (secondary N) is 2. The van der Waals surface area contributed by atoms with Gasteiger partial charge in [0.2, 0.25) is 5.91 Å². The van der Waals surface area contributed by atoms with E-state index < -0.39 is 24.0 Å². The first-order valence-electron chi connectivity index (χ1n) is 10.7. The van der Waals surface area contributed by atoms with Crippen LogP contribution in [-0.2, 0) is 21.4 Å². The molecule has 2 aromatic carbocycles. The average molecular weight is 483 g/mol. The molecular weight excluding hydrogens is 460 g/mol. The fraction of sp³-hybridized carbons (Fsp3) is 0.250. The van der Waals surface area contributed by atoms with E-state index >= 15 is 0 Å². The molecule has 1 aromatic heterocycles. The molecule has 1 unspecified atom stereocenters. The number of aromatic nitrogens is 2. The molecule has 0 bridgehead atoms. The highest BCUT2D eigenvalue weighted by Gasteiger charge is 2.30. The Labute approximate surface area is 200 Å². The number of anilines is 1. The topological polar surface area (TPSA) is 123 Å². The van der Waals surface area contributed by atoms with E-state index in [1.165, 1.54) is 10.9 Å². The summed E-state index contributed by atoms with van der Waals surface area (Å²) in [6.45, 7) is 0.0710. The number of carboxylic acids is 1. The van der Waals surface area contributed by atoms with Gasteiger partial charge in [0, 0.05) is 19.4 Å². The lowest BCUT2D eigenvalue weighted by atomic mass is 9.98. The van der Waals surface area contributed by atoms with E-state index in [0.717, 1.165) is 22.3 Å². The Morgan fingerprint density at radius 3 is 2.29 bits per heavy atom. The number of aryl methyl sites for hydroxylation is 1. The van der Waals surface area contributed by atoms with Gasteiger partial charge in [-0.25, -0.2) is 4.79 Å². The first kappa shape index (κ1) is 23.3. The van der Waals surface area contributed by atoms with Gasteiger partial charge >= 0.3 is 12.1 Å². The van der Waals surface area contributed by atoms with Crippen LogP contribution in [0, 0.1) is 0 Å². The van der Waals surface area contributed by atoms with Gasteiger partial charge in [0.05, 0.1) is 11.9 Å². The predicted octanol–water partition coefficient (Wildman–Crippen LogP) is 3.78. The molecule has 0 radical (unpaired) electrons. The Morgan fingerprint density at radius 2 is 1.74 bits per heavy atom. The molecule has 0 spiro atoms. The normalized spacial score (nSPS) is 13.0. The number of ether oxygens (including phenoxy) is 1. The zero-order valence-corrected chi connectivity index (χ0v) is 19.1. The zero-order valence-electron chi connectivity index (χ0n) is 18.3.